The highest BCUT2D eigenvalue weighted by atomic mass is 16.2. The Kier molecular flexibility index (Phi) is 3.42. The average molecular weight is 259 g/mol. The molecule has 0 saturated heterocycles. The van der Waals surface area contributed by atoms with Crippen LogP contribution in [-0.4, -0.2) is 24.7 Å². The third-order valence-corrected chi connectivity index (χ3v) is 4.11. The highest BCUT2D eigenvalue weighted by Crippen LogP contribution is 2.27. The minimum absolute atomic E-state index is 0.00880. The fourth-order valence-electron chi connectivity index (χ4n) is 3.14. The largest absolute Gasteiger partial charge is 0.335 e. The first-order chi connectivity index (χ1) is 9.24. The van der Waals surface area contributed by atoms with E-state index in [9.17, 15) is 4.79 Å². The van der Waals surface area contributed by atoms with Gasteiger partial charge in [-0.1, -0.05) is 31.0 Å². The van der Waals surface area contributed by atoms with E-state index < -0.39 is 0 Å². The van der Waals surface area contributed by atoms with Crippen LogP contribution in [0, 0.1) is 0 Å². The van der Waals surface area contributed by atoms with Gasteiger partial charge in [-0.2, -0.15) is 0 Å². The van der Waals surface area contributed by atoms with Crippen LogP contribution in [0.15, 0.2) is 24.3 Å². The Labute approximate surface area is 114 Å². The van der Waals surface area contributed by atoms with Gasteiger partial charge in [0.25, 0.3) is 0 Å². The number of nitrogens with two attached hydrogens (primary N) is 1. The van der Waals surface area contributed by atoms with E-state index in [1.54, 1.807) is 0 Å². The molecule has 1 aromatic carbocycles. The molecule has 1 heterocycles. The lowest BCUT2D eigenvalue weighted by atomic mass is 9.99. The Hall–Kier alpha value is -1.55. The number of nitrogens with zero attached hydrogens (tertiary/aromatic N) is 1. The third kappa shape index (κ3) is 2.59. The number of carbonyl (C=O) groups excluding carboxylic acids is 1. The highest BCUT2D eigenvalue weighted by Gasteiger charge is 2.28. The van der Waals surface area contributed by atoms with Gasteiger partial charge in [0.2, 0.25) is 0 Å². The fourth-order valence-corrected chi connectivity index (χ4v) is 3.14. The minimum atomic E-state index is 0.00880. The first-order valence-electron chi connectivity index (χ1n) is 7.15. The van der Waals surface area contributed by atoms with E-state index in [0.29, 0.717) is 12.6 Å². The molecule has 1 unspecified atom stereocenters. The normalized spacial score (nSPS) is 23.2. The van der Waals surface area contributed by atoms with Gasteiger partial charge >= 0.3 is 6.03 Å². The van der Waals surface area contributed by atoms with Gasteiger partial charge in [-0.3, -0.25) is 4.90 Å². The zero-order valence-corrected chi connectivity index (χ0v) is 11.1. The lowest BCUT2D eigenvalue weighted by Gasteiger charge is -2.33. The van der Waals surface area contributed by atoms with Crippen molar-refractivity contribution in [2.24, 2.45) is 5.73 Å². The SMILES string of the molecule is NC1Cc2ccccc2N(C(=O)NC2CCCC2)C1. The number of anilines is 1. The van der Waals surface area contributed by atoms with E-state index >= 15 is 0 Å². The number of para-hydroxylation sites is 1. The number of urea groups is 1. The summed E-state index contributed by atoms with van der Waals surface area (Å²) in [6.07, 6.45) is 5.51. The molecule has 1 aromatic rings. The summed E-state index contributed by atoms with van der Waals surface area (Å²) in [6.45, 7) is 0.607. The molecule has 102 valence electrons. The molecule has 0 radical (unpaired) electrons. The Balaban J connectivity index is 1.78. The molecule has 19 heavy (non-hydrogen) atoms. The van der Waals surface area contributed by atoms with Crippen LogP contribution in [0.3, 0.4) is 0 Å². The number of fused-ring (bicyclic) bond motifs is 1. The summed E-state index contributed by atoms with van der Waals surface area (Å²) in [5.41, 5.74) is 8.25. The maximum Gasteiger partial charge on any atom is 0.322 e. The number of hydrogen-bond acceptors (Lipinski definition) is 2. The highest BCUT2D eigenvalue weighted by molar-refractivity contribution is 5.93. The summed E-state index contributed by atoms with van der Waals surface area (Å²) in [5.74, 6) is 0. The summed E-state index contributed by atoms with van der Waals surface area (Å²) in [6, 6.07) is 8.44. The second-order valence-electron chi connectivity index (χ2n) is 5.63. The van der Waals surface area contributed by atoms with Gasteiger partial charge in [0.1, 0.15) is 0 Å². The molecule has 2 amide bonds. The quantitative estimate of drug-likeness (QED) is 0.810. The molecule has 1 aliphatic carbocycles. The Bertz CT molecular complexity index is 468. The van der Waals surface area contributed by atoms with E-state index in [1.807, 2.05) is 23.1 Å². The zero-order chi connectivity index (χ0) is 13.2. The van der Waals surface area contributed by atoms with E-state index in [2.05, 4.69) is 11.4 Å². The predicted octanol–water partition coefficient (Wildman–Crippen LogP) is 2.03. The van der Waals surface area contributed by atoms with Crippen molar-refractivity contribution >= 4 is 11.7 Å². The van der Waals surface area contributed by atoms with Crippen LogP contribution in [-0.2, 0) is 6.42 Å². The average Bonchev–Trinajstić information content (AvgIpc) is 2.90. The molecule has 3 N–H and O–H groups in total. The standard InChI is InChI=1S/C15H21N3O/c16-12-9-11-5-1-4-8-14(11)18(10-12)15(19)17-13-6-2-3-7-13/h1,4-5,8,12-13H,2-3,6-7,9-10,16H2,(H,17,19). The van der Waals surface area contributed by atoms with Gasteiger partial charge in [-0.25, -0.2) is 4.79 Å². The van der Waals surface area contributed by atoms with E-state index in [0.717, 1.165) is 24.9 Å². The number of benzene rings is 1. The van der Waals surface area contributed by atoms with Crippen LogP contribution in [0.4, 0.5) is 10.5 Å². The van der Waals surface area contributed by atoms with Gasteiger partial charge in [0.15, 0.2) is 0 Å². The smallest absolute Gasteiger partial charge is 0.322 e. The molecule has 4 nitrogen and oxygen atoms in total. The molecule has 0 spiro atoms. The molecule has 3 rings (SSSR count). The molecule has 0 aromatic heterocycles. The van der Waals surface area contributed by atoms with Gasteiger partial charge < -0.3 is 11.1 Å². The molecule has 1 fully saturated rings. The Morgan fingerprint density at radius 2 is 2.00 bits per heavy atom. The molecular formula is C15H21N3O. The molecule has 2 aliphatic rings. The Morgan fingerprint density at radius 3 is 2.79 bits per heavy atom. The van der Waals surface area contributed by atoms with Gasteiger partial charge in [0.05, 0.1) is 0 Å². The predicted molar refractivity (Wildman–Crippen MR) is 76.3 cm³/mol. The van der Waals surface area contributed by atoms with Crippen LogP contribution >= 0.6 is 0 Å². The van der Waals surface area contributed by atoms with Gasteiger partial charge in [-0.15, -0.1) is 0 Å². The number of nitrogens with one attached hydrogen (secondary N) is 1. The minimum Gasteiger partial charge on any atom is -0.335 e. The van der Waals surface area contributed by atoms with Crippen molar-refractivity contribution in [3.8, 4) is 0 Å². The van der Waals surface area contributed by atoms with E-state index in [4.69, 9.17) is 5.73 Å². The summed E-state index contributed by atoms with van der Waals surface area (Å²) in [7, 11) is 0. The summed E-state index contributed by atoms with van der Waals surface area (Å²) < 4.78 is 0. The first-order valence-corrected chi connectivity index (χ1v) is 7.15. The number of carbonyl (C=O) groups is 1. The van der Waals surface area contributed by atoms with Crippen LogP contribution in [0.5, 0.6) is 0 Å². The lowest BCUT2D eigenvalue weighted by molar-refractivity contribution is 0.241. The maximum atomic E-state index is 12.4. The number of rotatable bonds is 1. The first kappa shape index (κ1) is 12.5. The summed E-state index contributed by atoms with van der Waals surface area (Å²) in [5, 5.41) is 3.14. The number of hydrogen-bond donors (Lipinski definition) is 2. The van der Waals surface area contributed by atoms with Crippen molar-refractivity contribution in [3.05, 3.63) is 29.8 Å². The monoisotopic (exact) mass is 259 g/mol. The van der Waals surface area contributed by atoms with Crippen LogP contribution < -0.4 is 16.0 Å². The van der Waals surface area contributed by atoms with Crippen molar-refractivity contribution in [2.45, 2.75) is 44.2 Å². The zero-order valence-electron chi connectivity index (χ0n) is 11.1. The Morgan fingerprint density at radius 1 is 1.26 bits per heavy atom. The third-order valence-electron chi connectivity index (χ3n) is 4.11. The molecular weight excluding hydrogens is 238 g/mol. The number of amides is 2. The molecule has 4 heteroatoms. The van der Waals surface area contributed by atoms with Crippen molar-refractivity contribution < 1.29 is 4.79 Å². The summed E-state index contributed by atoms with van der Waals surface area (Å²) in [4.78, 5) is 14.2. The van der Waals surface area contributed by atoms with Crippen molar-refractivity contribution in [2.75, 3.05) is 11.4 Å². The molecule has 1 aliphatic heterocycles. The summed E-state index contributed by atoms with van der Waals surface area (Å²) >= 11 is 0. The second-order valence-corrected chi connectivity index (χ2v) is 5.63. The van der Waals surface area contributed by atoms with Crippen molar-refractivity contribution in [3.63, 3.8) is 0 Å². The fraction of sp³-hybridized carbons (Fsp3) is 0.533. The van der Waals surface area contributed by atoms with Gasteiger partial charge in [0, 0.05) is 24.3 Å². The maximum absolute atomic E-state index is 12.4. The van der Waals surface area contributed by atoms with Crippen molar-refractivity contribution in [1.29, 1.82) is 0 Å². The van der Waals surface area contributed by atoms with Crippen LogP contribution in [0.2, 0.25) is 0 Å². The van der Waals surface area contributed by atoms with E-state index in [-0.39, 0.29) is 12.1 Å². The lowest BCUT2D eigenvalue weighted by Crippen LogP contribution is -2.51. The van der Waals surface area contributed by atoms with E-state index in [1.165, 1.54) is 18.4 Å². The van der Waals surface area contributed by atoms with Crippen LogP contribution in [0.1, 0.15) is 31.2 Å². The van der Waals surface area contributed by atoms with Crippen LogP contribution in [0.25, 0.3) is 0 Å². The molecule has 1 atom stereocenters. The topological polar surface area (TPSA) is 58.4 Å². The molecule has 0 bridgehead atoms. The molecule has 1 saturated carbocycles. The van der Waals surface area contributed by atoms with Gasteiger partial charge in [-0.05, 0) is 30.9 Å². The second kappa shape index (κ2) is 5.21. The van der Waals surface area contributed by atoms with Crippen molar-refractivity contribution in [1.82, 2.24) is 5.32 Å².